The Kier molecular flexibility index (Phi) is 5.59. The van der Waals surface area contributed by atoms with Crippen molar-refractivity contribution in [2.24, 2.45) is 0 Å². The summed E-state index contributed by atoms with van der Waals surface area (Å²) in [5, 5.41) is 4.49. The quantitative estimate of drug-likeness (QED) is 0.659. The first-order valence-electron chi connectivity index (χ1n) is 10.0. The first-order chi connectivity index (χ1) is 13.6. The lowest BCUT2D eigenvalue weighted by Gasteiger charge is -2.32. The number of rotatable bonds is 6. The average Bonchev–Trinajstić information content (AvgIpc) is 3.13. The maximum Gasteiger partial charge on any atom is 0.163 e. The highest BCUT2D eigenvalue weighted by Gasteiger charge is 2.14. The van der Waals surface area contributed by atoms with Crippen LogP contribution < -0.4 is 4.74 Å². The van der Waals surface area contributed by atoms with Crippen LogP contribution in [0, 0.1) is 6.92 Å². The van der Waals surface area contributed by atoms with E-state index in [0.717, 1.165) is 47.6 Å². The third kappa shape index (κ3) is 4.03. The zero-order valence-corrected chi connectivity index (χ0v) is 17.1. The minimum absolute atomic E-state index is 0.850. The Morgan fingerprint density at radius 3 is 2.68 bits per heavy atom. The van der Waals surface area contributed by atoms with Gasteiger partial charge in [-0.3, -0.25) is 0 Å². The second-order valence-corrected chi connectivity index (χ2v) is 7.67. The van der Waals surface area contributed by atoms with Crippen molar-refractivity contribution < 1.29 is 4.74 Å². The Morgan fingerprint density at radius 2 is 1.89 bits per heavy atom. The van der Waals surface area contributed by atoms with Gasteiger partial charge in [0.15, 0.2) is 5.65 Å². The Bertz CT molecular complexity index is 943. The van der Waals surface area contributed by atoms with Gasteiger partial charge in [-0.25, -0.2) is 9.50 Å². The van der Waals surface area contributed by atoms with Gasteiger partial charge in [0, 0.05) is 43.6 Å². The molecule has 1 aromatic carbocycles. The summed E-state index contributed by atoms with van der Waals surface area (Å²) in [6.07, 6.45) is 6.05. The summed E-state index contributed by atoms with van der Waals surface area (Å²) < 4.78 is 7.27. The molecule has 0 radical (unpaired) electrons. The van der Waals surface area contributed by atoms with Gasteiger partial charge in [0.25, 0.3) is 0 Å². The van der Waals surface area contributed by atoms with Gasteiger partial charge in [0.1, 0.15) is 5.75 Å². The standard InChI is InChI=1S/C22H29N5O/c1-17-6-7-19(28-3)15-20(17)21-16-23-27-10-8-18(24-22(21)27)5-4-9-26-13-11-25(2)12-14-26/h6-8,10,15-16H,4-5,9,11-14H2,1-3H3. The minimum Gasteiger partial charge on any atom is -0.497 e. The van der Waals surface area contributed by atoms with Crippen LogP contribution in [0.25, 0.3) is 16.8 Å². The van der Waals surface area contributed by atoms with Gasteiger partial charge in [-0.1, -0.05) is 6.07 Å². The van der Waals surface area contributed by atoms with Crippen LogP contribution in [0.2, 0.25) is 0 Å². The summed E-state index contributed by atoms with van der Waals surface area (Å²) >= 11 is 0. The number of piperazine rings is 1. The zero-order valence-electron chi connectivity index (χ0n) is 17.1. The second kappa shape index (κ2) is 8.29. The molecule has 1 fully saturated rings. The molecule has 0 bridgehead atoms. The number of likely N-dealkylation sites (N-methyl/N-ethyl adjacent to an activating group) is 1. The fraction of sp³-hybridized carbons (Fsp3) is 0.455. The van der Waals surface area contributed by atoms with Crippen molar-refractivity contribution in [2.75, 3.05) is 46.9 Å². The van der Waals surface area contributed by atoms with Crippen molar-refractivity contribution in [1.29, 1.82) is 0 Å². The van der Waals surface area contributed by atoms with Crippen molar-refractivity contribution in [2.45, 2.75) is 19.8 Å². The molecule has 6 heteroatoms. The molecule has 0 amide bonds. The second-order valence-electron chi connectivity index (χ2n) is 7.67. The molecule has 1 saturated heterocycles. The van der Waals surface area contributed by atoms with Crippen molar-refractivity contribution >= 4 is 5.65 Å². The molecule has 2 aromatic heterocycles. The smallest absolute Gasteiger partial charge is 0.163 e. The van der Waals surface area contributed by atoms with E-state index >= 15 is 0 Å². The van der Waals surface area contributed by atoms with Gasteiger partial charge in [0.05, 0.1) is 13.3 Å². The van der Waals surface area contributed by atoms with Gasteiger partial charge >= 0.3 is 0 Å². The van der Waals surface area contributed by atoms with E-state index in [1.54, 1.807) is 7.11 Å². The molecule has 0 unspecified atom stereocenters. The van der Waals surface area contributed by atoms with Crippen molar-refractivity contribution in [3.63, 3.8) is 0 Å². The summed E-state index contributed by atoms with van der Waals surface area (Å²) in [6.45, 7) is 7.93. The van der Waals surface area contributed by atoms with E-state index < -0.39 is 0 Å². The number of methoxy groups -OCH3 is 1. The minimum atomic E-state index is 0.850. The van der Waals surface area contributed by atoms with Crippen LogP contribution in [0.3, 0.4) is 0 Å². The zero-order chi connectivity index (χ0) is 19.5. The molecule has 3 heterocycles. The predicted molar refractivity (Wildman–Crippen MR) is 112 cm³/mol. The lowest BCUT2D eigenvalue weighted by molar-refractivity contribution is 0.153. The Morgan fingerprint density at radius 1 is 1.07 bits per heavy atom. The summed E-state index contributed by atoms with van der Waals surface area (Å²) in [5.74, 6) is 0.850. The van der Waals surface area contributed by atoms with Crippen LogP contribution in [0.15, 0.2) is 36.7 Å². The summed E-state index contributed by atoms with van der Waals surface area (Å²) in [4.78, 5) is 9.89. The van der Waals surface area contributed by atoms with Crippen LogP contribution in [-0.2, 0) is 6.42 Å². The van der Waals surface area contributed by atoms with Crippen LogP contribution in [0.4, 0.5) is 0 Å². The van der Waals surface area contributed by atoms with Crippen LogP contribution in [0.1, 0.15) is 17.7 Å². The normalized spacial score (nSPS) is 16.0. The fourth-order valence-electron chi connectivity index (χ4n) is 3.81. The molecule has 1 aliphatic rings. The van der Waals surface area contributed by atoms with Gasteiger partial charge in [-0.05, 0) is 62.7 Å². The largest absolute Gasteiger partial charge is 0.497 e. The third-order valence-electron chi connectivity index (χ3n) is 5.66. The van der Waals surface area contributed by atoms with Gasteiger partial charge in [-0.2, -0.15) is 5.10 Å². The summed E-state index contributed by atoms with van der Waals surface area (Å²) in [5.41, 5.74) is 5.41. The van der Waals surface area contributed by atoms with Crippen molar-refractivity contribution in [1.82, 2.24) is 24.4 Å². The number of aryl methyl sites for hydroxylation is 2. The Labute approximate surface area is 166 Å². The highest BCUT2D eigenvalue weighted by Crippen LogP contribution is 2.30. The Hall–Kier alpha value is -2.44. The lowest BCUT2D eigenvalue weighted by Crippen LogP contribution is -2.44. The van der Waals surface area contributed by atoms with E-state index in [9.17, 15) is 0 Å². The molecule has 0 spiro atoms. The number of hydrogen-bond donors (Lipinski definition) is 0. The highest BCUT2D eigenvalue weighted by molar-refractivity contribution is 5.79. The summed E-state index contributed by atoms with van der Waals surface area (Å²) in [6, 6.07) is 8.22. The molecular weight excluding hydrogens is 350 g/mol. The topological polar surface area (TPSA) is 45.9 Å². The van der Waals surface area contributed by atoms with Crippen LogP contribution >= 0.6 is 0 Å². The number of ether oxygens (including phenoxy) is 1. The number of nitrogens with zero attached hydrogens (tertiary/aromatic N) is 5. The maximum absolute atomic E-state index is 5.41. The molecule has 0 atom stereocenters. The molecule has 0 N–H and O–H groups in total. The summed E-state index contributed by atoms with van der Waals surface area (Å²) in [7, 11) is 3.89. The molecular formula is C22H29N5O. The first-order valence-corrected chi connectivity index (χ1v) is 10.0. The molecule has 6 nitrogen and oxygen atoms in total. The van der Waals surface area contributed by atoms with Crippen molar-refractivity contribution in [3.8, 4) is 16.9 Å². The molecule has 148 valence electrons. The fourth-order valence-corrected chi connectivity index (χ4v) is 3.81. The number of benzene rings is 1. The predicted octanol–water partition coefficient (Wildman–Crippen LogP) is 2.89. The number of aromatic nitrogens is 3. The third-order valence-corrected chi connectivity index (χ3v) is 5.66. The molecule has 4 rings (SSSR count). The van der Waals surface area contributed by atoms with Crippen molar-refractivity contribution in [3.05, 3.63) is 47.9 Å². The monoisotopic (exact) mass is 379 g/mol. The van der Waals surface area contributed by atoms with Crippen LogP contribution in [-0.4, -0.2) is 71.3 Å². The molecule has 28 heavy (non-hydrogen) atoms. The lowest BCUT2D eigenvalue weighted by atomic mass is 10.0. The van der Waals surface area contributed by atoms with E-state index in [1.165, 1.54) is 31.7 Å². The van der Waals surface area contributed by atoms with E-state index in [-0.39, 0.29) is 0 Å². The number of hydrogen-bond acceptors (Lipinski definition) is 5. The van der Waals surface area contributed by atoms with Gasteiger partial charge < -0.3 is 14.5 Å². The first kappa shape index (κ1) is 18.9. The van der Waals surface area contributed by atoms with E-state index in [0.29, 0.717) is 0 Å². The van der Waals surface area contributed by atoms with E-state index in [4.69, 9.17) is 9.72 Å². The molecule has 0 saturated carbocycles. The molecule has 0 aliphatic carbocycles. The Balaban J connectivity index is 1.50. The van der Waals surface area contributed by atoms with E-state index in [2.05, 4.69) is 47.1 Å². The maximum atomic E-state index is 5.41. The number of fused-ring (bicyclic) bond motifs is 1. The van der Waals surface area contributed by atoms with Gasteiger partial charge in [0.2, 0.25) is 0 Å². The van der Waals surface area contributed by atoms with E-state index in [1.807, 2.05) is 23.0 Å². The van der Waals surface area contributed by atoms with Crippen LogP contribution in [0.5, 0.6) is 5.75 Å². The highest BCUT2D eigenvalue weighted by atomic mass is 16.5. The SMILES string of the molecule is COc1ccc(C)c(-c2cnn3ccc(CCCN4CCN(C)CC4)nc23)c1. The molecule has 3 aromatic rings. The molecule has 1 aliphatic heterocycles. The average molecular weight is 380 g/mol. The van der Waals surface area contributed by atoms with Gasteiger partial charge in [-0.15, -0.1) is 0 Å².